The van der Waals surface area contributed by atoms with Crippen LogP contribution in [0.5, 0.6) is 0 Å². The number of rotatable bonds is 13. The molecule has 0 saturated carbocycles. The minimum Gasteiger partial charge on any atom is -0.352 e. The number of sulfonamides is 1. The third kappa shape index (κ3) is 9.33. The molecule has 3 aromatic rings. The largest absolute Gasteiger partial charge is 0.352 e. The van der Waals surface area contributed by atoms with Gasteiger partial charge >= 0.3 is 0 Å². The van der Waals surface area contributed by atoms with Crippen molar-refractivity contribution in [3.05, 3.63) is 101 Å². The molecule has 2 amide bonds. The molecule has 2 atom stereocenters. The Balaban J connectivity index is 2.04. The fourth-order valence-electron chi connectivity index (χ4n) is 4.42. The normalized spacial score (nSPS) is 13.0. The molecule has 3 aromatic carbocycles. The second kappa shape index (κ2) is 14.5. The summed E-state index contributed by atoms with van der Waals surface area (Å²) in [6.45, 7) is 7.65. The molecule has 3 rings (SSSR count). The van der Waals surface area contributed by atoms with Crippen LogP contribution in [0.1, 0.15) is 56.7 Å². The summed E-state index contributed by atoms with van der Waals surface area (Å²) >= 11 is 6.10. The number of hydrogen-bond donors (Lipinski definition) is 1. The van der Waals surface area contributed by atoms with Gasteiger partial charge in [0.1, 0.15) is 12.6 Å². The Bertz CT molecular complexity index is 1400. The van der Waals surface area contributed by atoms with Gasteiger partial charge in [0.05, 0.1) is 11.9 Å². The molecule has 0 saturated heterocycles. The van der Waals surface area contributed by atoms with E-state index in [2.05, 4.69) is 19.2 Å². The maximum atomic E-state index is 14.1. The summed E-state index contributed by atoms with van der Waals surface area (Å²) in [6.07, 6.45) is 2.07. The van der Waals surface area contributed by atoms with Crippen LogP contribution in [-0.2, 0) is 32.6 Å². The highest BCUT2D eigenvalue weighted by Crippen LogP contribution is 2.23. The standard InChI is InChI=1S/C32H40ClN3O4S/c1-6-24(4)34-32(38)30(20-25-10-8-7-9-11-25)35(21-26-12-16-28(33)17-13-26)31(37)22-36(41(5,39)40)29-18-14-27(15-19-29)23(2)3/h7-19,23-24,30H,6,20-22H2,1-5H3,(H,34,38)/t24-,30-/m0/s1. The highest BCUT2D eigenvalue weighted by molar-refractivity contribution is 7.92. The van der Waals surface area contributed by atoms with Gasteiger partial charge < -0.3 is 10.2 Å². The van der Waals surface area contributed by atoms with Crippen LogP contribution in [0.3, 0.4) is 0 Å². The lowest BCUT2D eigenvalue weighted by atomic mass is 10.0. The average Bonchev–Trinajstić information content (AvgIpc) is 2.94. The zero-order chi connectivity index (χ0) is 30.2. The first-order valence-electron chi connectivity index (χ1n) is 13.8. The highest BCUT2D eigenvalue weighted by Gasteiger charge is 2.33. The maximum absolute atomic E-state index is 14.1. The van der Waals surface area contributed by atoms with Gasteiger partial charge in [0.2, 0.25) is 21.8 Å². The Morgan fingerprint density at radius 2 is 1.49 bits per heavy atom. The average molecular weight is 598 g/mol. The van der Waals surface area contributed by atoms with Gasteiger partial charge in [0.15, 0.2) is 0 Å². The van der Waals surface area contributed by atoms with E-state index in [0.717, 1.165) is 33.7 Å². The predicted octanol–water partition coefficient (Wildman–Crippen LogP) is 5.78. The van der Waals surface area contributed by atoms with E-state index in [1.807, 2.05) is 56.3 Å². The van der Waals surface area contributed by atoms with Gasteiger partial charge in [-0.2, -0.15) is 0 Å². The third-order valence-corrected chi connectivity index (χ3v) is 8.46. The lowest BCUT2D eigenvalue weighted by molar-refractivity contribution is -0.140. The van der Waals surface area contributed by atoms with Crippen LogP contribution in [0.4, 0.5) is 5.69 Å². The number of amides is 2. The number of hydrogen-bond acceptors (Lipinski definition) is 4. The van der Waals surface area contributed by atoms with Crippen molar-refractivity contribution in [2.75, 3.05) is 17.1 Å². The molecular weight excluding hydrogens is 558 g/mol. The minimum atomic E-state index is -3.82. The lowest BCUT2D eigenvalue weighted by Crippen LogP contribution is -2.54. The monoisotopic (exact) mass is 597 g/mol. The van der Waals surface area contributed by atoms with E-state index >= 15 is 0 Å². The van der Waals surface area contributed by atoms with Crippen molar-refractivity contribution < 1.29 is 18.0 Å². The van der Waals surface area contributed by atoms with E-state index in [-0.39, 0.29) is 30.8 Å². The van der Waals surface area contributed by atoms with Gasteiger partial charge in [0, 0.05) is 24.0 Å². The molecule has 7 nitrogen and oxygen atoms in total. The first-order valence-corrected chi connectivity index (χ1v) is 16.1. The summed E-state index contributed by atoms with van der Waals surface area (Å²) in [5.74, 6) is -0.508. The van der Waals surface area contributed by atoms with Crippen molar-refractivity contribution in [2.45, 2.75) is 65.1 Å². The van der Waals surface area contributed by atoms with Crippen molar-refractivity contribution in [1.82, 2.24) is 10.2 Å². The minimum absolute atomic E-state index is 0.0970. The van der Waals surface area contributed by atoms with Crippen LogP contribution in [-0.4, -0.2) is 50.0 Å². The second-order valence-electron chi connectivity index (χ2n) is 10.7. The van der Waals surface area contributed by atoms with Crippen LogP contribution in [0, 0.1) is 0 Å². The Kier molecular flexibility index (Phi) is 11.4. The number of halogens is 1. The van der Waals surface area contributed by atoms with Gasteiger partial charge in [-0.1, -0.05) is 87.0 Å². The summed E-state index contributed by atoms with van der Waals surface area (Å²) in [5.41, 5.74) is 3.10. The summed E-state index contributed by atoms with van der Waals surface area (Å²) in [5, 5.41) is 3.58. The molecular formula is C32H40ClN3O4S. The molecule has 0 spiro atoms. The van der Waals surface area contributed by atoms with E-state index in [0.29, 0.717) is 10.7 Å². The van der Waals surface area contributed by atoms with Crippen molar-refractivity contribution in [1.29, 1.82) is 0 Å². The number of anilines is 1. The first kappa shape index (κ1) is 32.2. The number of nitrogens with one attached hydrogen (secondary N) is 1. The molecule has 9 heteroatoms. The SMILES string of the molecule is CC[C@H](C)NC(=O)[C@H](Cc1ccccc1)N(Cc1ccc(Cl)cc1)C(=O)CN(c1ccc(C(C)C)cc1)S(C)(=O)=O. The summed E-state index contributed by atoms with van der Waals surface area (Å²) < 4.78 is 27.0. The smallest absolute Gasteiger partial charge is 0.244 e. The number of carbonyl (C=O) groups is 2. The van der Waals surface area contributed by atoms with Crippen LogP contribution in [0.15, 0.2) is 78.9 Å². The molecule has 0 aliphatic rings. The Morgan fingerprint density at radius 1 is 0.878 bits per heavy atom. The third-order valence-electron chi connectivity index (χ3n) is 7.07. The van der Waals surface area contributed by atoms with Gasteiger partial charge in [0.25, 0.3) is 0 Å². The molecule has 0 heterocycles. The van der Waals surface area contributed by atoms with Crippen molar-refractivity contribution in [2.24, 2.45) is 0 Å². The predicted molar refractivity (Wildman–Crippen MR) is 167 cm³/mol. The molecule has 0 radical (unpaired) electrons. The molecule has 0 aromatic heterocycles. The van der Waals surface area contributed by atoms with Gasteiger partial charge in [-0.05, 0) is 60.2 Å². The zero-order valence-electron chi connectivity index (χ0n) is 24.4. The van der Waals surface area contributed by atoms with Gasteiger partial charge in [-0.15, -0.1) is 0 Å². The van der Waals surface area contributed by atoms with Crippen LogP contribution in [0.25, 0.3) is 0 Å². The van der Waals surface area contributed by atoms with E-state index in [9.17, 15) is 18.0 Å². The molecule has 0 aliphatic heterocycles. The number of nitrogens with zero attached hydrogens (tertiary/aromatic N) is 2. The summed E-state index contributed by atoms with van der Waals surface area (Å²) in [4.78, 5) is 29.3. The van der Waals surface area contributed by atoms with Crippen LogP contribution < -0.4 is 9.62 Å². The molecule has 0 fully saturated rings. The van der Waals surface area contributed by atoms with Gasteiger partial charge in [-0.25, -0.2) is 8.42 Å². The Hall–Kier alpha value is -3.36. The van der Waals surface area contributed by atoms with E-state index in [4.69, 9.17) is 11.6 Å². The lowest BCUT2D eigenvalue weighted by Gasteiger charge is -2.34. The maximum Gasteiger partial charge on any atom is 0.244 e. The topological polar surface area (TPSA) is 86.8 Å². The fraction of sp³-hybridized carbons (Fsp3) is 0.375. The number of benzene rings is 3. The Morgan fingerprint density at radius 3 is 2.02 bits per heavy atom. The quantitative estimate of drug-likeness (QED) is 0.270. The first-order chi connectivity index (χ1) is 19.4. The fourth-order valence-corrected chi connectivity index (χ4v) is 5.40. The summed E-state index contributed by atoms with van der Waals surface area (Å²) in [7, 11) is -3.82. The van der Waals surface area contributed by atoms with E-state index in [1.165, 1.54) is 4.90 Å². The second-order valence-corrected chi connectivity index (χ2v) is 13.0. The molecule has 1 N–H and O–H groups in total. The number of carbonyl (C=O) groups excluding carboxylic acids is 2. The molecule has 41 heavy (non-hydrogen) atoms. The summed E-state index contributed by atoms with van der Waals surface area (Å²) in [6, 6.07) is 22.7. The molecule has 0 bridgehead atoms. The molecule has 220 valence electrons. The van der Waals surface area contributed by atoms with E-state index < -0.39 is 28.5 Å². The van der Waals surface area contributed by atoms with E-state index in [1.54, 1.807) is 36.4 Å². The van der Waals surface area contributed by atoms with Crippen molar-refractivity contribution in [3.63, 3.8) is 0 Å². The van der Waals surface area contributed by atoms with Crippen LogP contribution in [0.2, 0.25) is 5.02 Å². The van der Waals surface area contributed by atoms with Crippen molar-refractivity contribution >= 4 is 39.1 Å². The van der Waals surface area contributed by atoms with Crippen LogP contribution >= 0.6 is 11.6 Å². The molecule has 0 aliphatic carbocycles. The van der Waals surface area contributed by atoms with Crippen molar-refractivity contribution in [3.8, 4) is 0 Å². The highest BCUT2D eigenvalue weighted by atomic mass is 35.5. The van der Waals surface area contributed by atoms with Gasteiger partial charge in [-0.3, -0.25) is 13.9 Å². The molecule has 0 unspecified atom stereocenters. The Labute approximate surface area is 249 Å². The zero-order valence-corrected chi connectivity index (χ0v) is 26.0.